The summed E-state index contributed by atoms with van der Waals surface area (Å²) in [7, 11) is 0. The quantitative estimate of drug-likeness (QED) is 0.616. The van der Waals surface area contributed by atoms with Crippen molar-refractivity contribution in [2.24, 2.45) is 0 Å². The van der Waals surface area contributed by atoms with Crippen molar-refractivity contribution < 1.29 is 14.7 Å². The van der Waals surface area contributed by atoms with E-state index in [9.17, 15) is 14.7 Å². The van der Waals surface area contributed by atoms with E-state index in [0.29, 0.717) is 6.29 Å². The van der Waals surface area contributed by atoms with Gasteiger partial charge >= 0.3 is 0 Å². The average Bonchev–Trinajstić information content (AvgIpc) is 2.24. The highest BCUT2D eigenvalue weighted by molar-refractivity contribution is 6.05. The highest BCUT2D eigenvalue weighted by Gasteiger charge is 2.16. The number of carbonyl (C=O) groups is 2. The van der Waals surface area contributed by atoms with Gasteiger partial charge in [0.1, 0.15) is 5.75 Å². The molecule has 92 valence electrons. The fourth-order valence-corrected chi connectivity index (χ4v) is 1.36. The second kappa shape index (κ2) is 5.10. The van der Waals surface area contributed by atoms with Gasteiger partial charge in [-0.05, 0) is 26.8 Å². The Labute approximate surface area is 101 Å². The van der Waals surface area contributed by atoms with E-state index >= 15 is 0 Å². The number of phenolic OH excluding ortho intramolecular Hbond substituents is 1. The van der Waals surface area contributed by atoms with E-state index in [1.807, 2.05) is 20.8 Å². The molecule has 0 heterocycles. The van der Waals surface area contributed by atoms with Gasteiger partial charge < -0.3 is 10.4 Å². The molecule has 17 heavy (non-hydrogen) atoms. The van der Waals surface area contributed by atoms with Crippen molar-refractivity contribution in [2.45, 2.75) is 26.3 Å². The molecule has 4 nitrogen and oxygen atoms in total. The van der Waals surface area contributed by atoms with Crippen LogP contribution >= 0.6 is 0 Å². The van der Waals surface area contributed by atoms with Crippen LogP contribution < -0.4 is 5.32 Å². The molecule has 0 spiro atoms. The van der Waals surface area contributed by atoms with Gasteiger partial charge in [-0.15, -0.1) is 0 Å². The van der Waals surface area contributed by atoms with Crippen LogP contribution in [-0.4, -0.2) is 29.3 Å². The average molecular weight is 235 g/mol. The standard InChI is InChI=1S/C13H17NO3/c1-13(2,3)14-7-12(17)9-5-4-6-11(16)10(9)8-15/h4-6,8,14,16H,7H2,1-3H3. The van der Waals surface area contributed by atoms with Crippen molar-refractivity contribution in [3.05, 3.63) is 29.3 Å². The molecule has 0 unspecified atom stereocenters. The Kier molecular flexibility index (Phi) is 4.02. The molecule has 0 aromatic heterocycles. The predicted molar refractivity (Wildman–Crippen MR) is 65.6 cm³/mol. The number of Topliss-reactive ketones (excluding diaryl/α,β-unsaturated/α-hetero) is 1. The molecule has 4 heteroatoms. The van der Waals surface area contributed by atoms with Crippen LogP contribution in [0.1, 0.15) is 41.5 Å². The maximum absolute atomic E-state index is 11.9. The van der Waals surface area contributed by atoms with Crippen LogP contribution in [0.2, 0.25) is 0 Å². The lowest BCUT2D eigenvalue weighted by molar-refractivity contribution is 0.0975. The number of aromatic hydroxyl groups is 1. The summed E-state index contributed by atoms with van der Waals surface area (Å²) in [6.45, 7) is 5.98. The molecule has 0 aliphatic rings. The van der Waals surface area contributed by atoms with E-state index < -0.39 is 0 Å². The minimum absolute atomic E-state index is 0.0493. The van der Waals surface area contributed by atoms with Gasteiger partial charge in [0.25, 0.3) is 0 Å². The Morgan fingerprint density at radius 2 is 2.06 bits per heavy atom. The van der Waals surface area contributed by atoms with Crippen LogP contribution in [0.5, 0.6) is 5.75 Å². The molecule has 0 bridgehead atoms. The number of aldehydes is 1. The third-order valence-electron chi connectivity index (χ3n) is 2.28. The summed E-state index contributed by atoms with van der Waals surface area (Å²) in [5.74, 6) is -0.375. The van der Waals surface area contributed by atoms with E-state index in [4.69, 9.17) is 0 Å². The maximum Gasteiger partial charge on any atom is 0.177 e. The number of phenols is 1. The van der Waals surface area contributed by atoms with Gasteiger partial charge in [0, 0.05) is 11.1 Å². The Balaban J connectivity index is 2.90. The minimum Gasteiger partial charge on any atom is -0.507 e. The van der Waals surface area contributed by atoms with E-state index in [1.165, 1.54) is 12.1 Å². The van der Waals surface area contributed by atoms with Gasteiger partial charge in [0.2, 0.25) is 0 Å². The third-order valence-corrected chi connectivity index (χ3v) is 2.28. The van der Waals surface area contributed by atoms with E-state index in [1.54, 1.807) is 6.07 Å². The van der Waals surface area contributed by atoms with Crippen molar-refractivity contribution in [3.63, 3.8) is 0 Å². The predicted octanol–water partition coefficient (Wildman–Crippen LogP) is 1.78. The zero-order valence-corrected chi connectivity index (χ0v) is 10.3. The number of benzene rings is 1. The van der Waals surface area contributed by atoms with Gasteiger partial charge in [0.15, 0.2) is 12.1 Å². The Bertz CT molecular complexity index is 433. The fraction of sp³-hybridized carbons (Fsp3) is 0.385. The number of ketones is 1. The summed E-state index contributed by atoms with van der Waals surface area (Å²) in [6, 6.07) is 4.47. The van der Waals surface area contributed by atoms with Gasteiger partial charge in [-0.3, -0.25) is 9.59 Å². The topological polar surface area (TPSA) is 66.4 Å². The van der Waals surface area contributed by atoms with E-state index in [2.05, 4.69) is 5.32 Å². The highest BCUT2D eigenvalue weighted by Crippen LogP contribution is 2.19. The molecular formula is C13H17NO3. The lowest BCUT2D eigenvalue weighted by Crippen LogP contribution is -2.39. The summed E-state index contributed by atoms with van der Waals surface area (Å²) in [5.41, 5.74) is 0.123. The fourth-order valence-electron chi connectivity index (χ4n) is 1.36. The van der Waals surface area contributed by atoms with Crippen LogP contribution in [0, 0.1) is 0 Å². The molecule has 0 fully saturated rings. The molecule has 0 aliphatic heterocycles. The molecule has 2 N–H and O–H groups in total. The number of rotatable bonds is 4. The first-order valence-electron chi connectivity index (χ1n) is 5.40. The molecule has 1 rings (SSSR count). The van der Waals surface area contributed by atoms with Gasteiger partial charge in [-0.1, -0.05) is 12.1 Å². The molecule has 1 aromatic rings. The molecule has 0 aliphatic carbocycles. The van der Waals surface area contributed by atoms with Gasteiger partial charge in [-0.2, -0.15) is 0 Å². The van der Waals surface area contributed by atoms with Crippen molar-refractivity contribution in [1.29, 1.82) is 0 Å². The summed E-state index contributed by atoms with van der Waals surface area (Å²) in [6.07, 6.45) is 0.500. The number of carbonyl (C=O) groups excluding carboxylic acids is 2. The Morgan fingerprint density at radius 1 is 1.41 bits per heavy atom. The van der Waals surface area contributed by atoms with Crippen LogP contribution in [0.4, 0.5) is 0 Å². The van der Waals surface area contributed by atoms with Crippen LogP contribution in [0.15, 0.2) is 18.2 Å². The van der Waals surface area contributed by atoms with Crippen molar-refractivity contribution in [1.82, 2.24) is 5.32 Å². The maximum atomic E-state index is 11.9. The first-order chi connectivity index (χ1) is 7.85. The highest BCUT2D eigenvalue weighted by atomic mass is 16.3. The van der Waals surface area contributed by atoms with E-state index in [0.717, 1.165) is 0 Å². The van der Waals surface area contributed by atoms with Crippen LogP contribution in [-0.2, 0) is 0 Å². The first kappa shape index (κ1) is 13.4. The number of nitrogens with one attached hydrogen (secondary N) is 1. The molecule has 0 radical (unpaired) electrons. The SMILES string of the molecule is CC(C)(C)NCC(=O)c1cccc(O)c1C=O. The van der Waals surface area contributed by atoms with Gasteiger partial charge in [-0.25, -0.2) is 0 Å². The molecule has 1 aromatic carbocycles. The van der Waals surface area contributed by atoms with Crippen molar-refractivity contribution in [3.8, 4) is 5.75 Å². The minimum atomic E-state index is -0.210. The molecule has 0 saturated carbocycles. The summed E-state index contributed by atoms with van der Waals surface area (Å²) in [5, 5.41) is 12.5. The Morgan fingerprint density at radius 3 is 2.59 bits per heavy atom. The first-order valence-corrected chi connectivity index (χ1v) is 5.40. The second-order valence-corrected chi connectivity index (χ2v) is 4.88. The second-order valence-electron chi connectivity index (χ2n) is 4.88. The largest absolute Gasteiger partial charge is 0.507 e. The monoisotopic (exact) mass is 235 g/mol. The lowest BCUT2D eigenvalue weighted by atomic mass is 10.0. The molecule has 0 atom stereocenters. The zero-order valence-electron chi connectivity index (χ0n) is 10.3. The van der Waals surface area contributed by atoms with Gasteiger partial charge in [0.05, 0.1) is 12.1 Å². The number of hydrogen-bond acceptors (Lipinski definition) is 4. The molecular weight excluding hydrogens is 218 g/mol. The van der Waals surface area contributed by atoms with Crippen molar-refractivity contribution >= 4 is 12.1 Å². The van der Waals surface area contributed by atoms with Crippen LogP contribution in [0.25, 0.3) is 0 Å². The summed E-state index contributed by atoms with van der Waals surface area (Å²) >= 11 is 0. The van der Waals surface area contributed by atoms with Crippen LogP contribution in [0.3, 0.4) is 0 Å². The zero-order chi connectivity index (χ0) is 13.1. The normalized spacial score (nSPS) is 11.2. The number of hydrogen-bond donors (Lipinski definition) is 2. The molecule has 0 amide bonds. The third kappa shape index (κ3) is 3.67. The van der Waals surface area contributed by atoms with Crippen molar-refractivity contribution in [2.75, 3.05) is 6.54 Å². The summed E-state index contributed by atoms with van der Waals surface area (Å²) < 4.78 is 0. The molecule has 0 saturated heterocycles. The van der Waals surface area contributed by atoms with E-state index in [-0.39, 0.29) is 34.7 Å². The Hall–Kier alpha value is -1.68. The summed E-state index contributed by atoms with van der Waals surface area (Å²) in [4.78, 5) is 22.7. The smallest absolute Gasteiger partial charge is 0.177 e. The lowest BCUT2D eigenvalue weighted by Gasteiger charge is -2.20.